The molecule has 0 saturated heterocycles. The summed E-state index contributed by atoms with van der Waals surface area (Å²) in [6.07, 6.45) is 0. The first-order valence-electron chi connectivity index (χ1n) is 8.21. The highest BCUT2D eigenvalue weighted by molar-refractivity contribution is 7.11. The van der Waals surface area contributed by atoms with Gasteiger partial charge in [-0.1, -0.05) is 24.3 Å². The van der Waals surface area contributed by atoms with E-state index < -0.39 is 0 Å². The third kappa shape index (κ3) is 4.37. The minimum atomic E-state index is -0.332. The summed E-state index contributed by atoms with van der Waals surface area (Å²) >= 11 is 1.25. The quantitative estimate of drug-likeness (QED) is 0.467. The van der Waals surface area contributed by atoms with Crippen molar-refractivity contribution in [3.63, 3.8) is 0 Å². The predicted octanol–water partition coefficient (Wildman–Crippen LogP) is 3.69. The zero-order valence-electron chi connectivity index (χ0n) is 14.6. The molecule has 0 aliphatic rings. The van der Waals surface area contributed by atoms with Gasteiger partial charge in [-0.3, -0.25) is 10.2 Å². The van der Waals surface area contributed by atoms with E-state index in [0.717, 1.165) is 11.3 Å². The number of amidine groups is 1. The number of carbonyl (C=O) groups is 1. The van der Waals surface area contributed by atoms with Gasteiger partial charge in [0.05, 0.1) is 22.8 Å². The molecule has 1 amide bonds. The van der Waals surface area contributed by atoms with Crippen LogP contribution in [0.15, 0.2) is 54.0 Å². The van der Waals surface area contributed by atoms with Gasteiger partial charge in [0.15, 0.2) is 0 Å². The lowest BCUT2D eigenvalue weighted by Gasteiger charge is -2.13. The number of amides is 1. The van der Waals surface area contributed by atoms with Gasteiger partial charge in [0.1, 0.15) is 10.7 Å². The normalized spacial score (nSPS) is 10.1. The number of hydrogen-bond donors (Lipinski definition) is 3. The molecule has 134 valence electrons. The molecule has 0 bridgehead atoms. The van der Waals surface area contributed by atoms with Crippen LogP contribution < -0.4 is 10.6 Å². The number of nitriles is 1. The molecule has 2 aromatic carbocycles. The van der Waals surface area contributed by atoms with Crippen LogP contribution in [0.5, 0.6) is 0 Å². The lowest BCUT2D eigenvalue weighted by molar-refractivity contribution is 0.0980. The molecule has 0 atom stereocenters. The minimum Gasteiger partial charge on any atom is -0.380 e. The maximum absolute atomic E-state index is 12.3. The fraction of sp³-hybridized carbons (Fsp3) is 0.100. The Labute approximate surface area is 161 Å². The molecule has 3 aromatic rings. The van der Waals surface area contributed by atoms with Crippen LogP contribution in [0.25, 0.3) is 0 Å². The lowest BCUT2D eigenvalue weighted by atomic mass is 10.1. The van der Waals surface area contributed by atoms with Crippen LogP contribution in [0, 0.1) is 23.7 Å². The molecule has 3 rings (SSSR count). The van der Waals surface area contributed by atoms with E-state index in [2.05, 4.69) is 21.7 Å². The molecule has 1 aromatic heterocycles. The Morgan fingerprint density at radius 3 is 2.63 bits per heavy atom. The second-order valence-corrected chi connectivity index (χ2v) is 6.66. The standard InChI is InChI=1S/C20H17N5OS/c1-13-18(27-12-24-13)20(26)25-19(22)16-4-2-3-5-17(16)23-11-15-8-6-14(10-21)7-9-15/h2-9,12,23H,11H2,1H3,(H2,22,25,26). The van der Waals surface area contributed by atoms with Gasteiger partial charge in [0, 0.05) is 17.8 Å². The average molecular weight is 375 g/mol. The summed E-state index contributed by atoms with van der Waals surface area (Å²) in [4.78, 5) is 16.9. The van der Waals surface area contributed by atoms with E-state index in [1.54, 1.807) is 30.6 Å². The number of para-hydroxylation sites is 1. The third-order valence-electron chi connectivity index (χ3n) is 3.95. The summed E-state index contributed by atoms with van der Waals surface area (Å²) in [5.74, 6) is -0.308. The van der Waals surface area contributed by atoms with Crippen LogP contribution in [0.4, 0.5) is 5.69 Å². The zero-order chi connectivity index (χ0) is 19.2. The Bertz CT molecular complexity index is 1020. The van der Waals surface area contributed by atoms with Gasteiger partial charge in [-0.2, -0.15) is 5.26 Å². The monoisotopic (exact) mass is 375 g/mol. The smallest absolute Gasteiger partial charge is 0.268 e. The van der Waals surface area contributed by atoms with Crippen LogP contribution in [0.1, 0.15) is 32.1 Å². The van der Waals surface area contributed by atoms with Crippen LogP contribution in [0.2, 0.25) is 0 Å². The molecule has 3 N–H and O–H groups in total. The van der Waals surface area contributed by atoms with Crippen LogP contribution in [-0.2, 0) is 6.54 Å². The zero-order valence-corrected chi connectivity index (χ0v) is 15.4. The van der Waals surface area contributed by atoms with Crippen molar-refractivity contribution < 1.29 is 4.79 Å². The van der Waals surface area contributed by atoms with Crippen molar-refractivity contribution in [3.8, 4) is 6.07 Å². The third-order valence-corrected chi connectivity index (χ3v) is 4.88. The van der Waals surface area contributed by atoms with Gasteiger partial charge in [-0.25, -0.2) is 4.98 Å². The Balaban J connectivity index is 1.71. The number of benzene rings is 2. The highest BCUT2D eigenvalue weighted by atomic mass is 32.1. The number of aromatic nitrogens is 1. The summed E-state index contributed by atoms with van der Waals surface area (Å²) in [6.45, 7) is 2.31. The first-order valence-corrected chi connectivity index (χ1v) is 9.08. The van der Waals surface area contributed by atoms with Crippen molar-refractivity contribution in [2.24, 2.45) is 0 Å². The summed E-state index contributed by atoms with van der Waals surface area (Å²) in [6, 6.07) is 16.7. The van der Waals surface area contributed by atoms with E-state index in [4.69, 9.17) is 10.7 Å². The minimum absolute atomic E-state index is 0.0238. The highest BCUT2D eigenvalue weighted by Crippen LogP contribution is 2.18. The Hall–Kier alpha value is -3.50. The molecule has 7 heteroatoms. The second kappa shape index (κ2) is 8.25. The summed E-state index contributed by atoms with van der Waals surface area (Å²) < 4.78 is 0. The van der Waals surface area contributed by atoms with Gasteiger partial charge >= 0.3 is 0 Å². The molecule has 0 aliphatic heterocycles. The fourth-order valence-electron chi connectivity index (χ4n) is 2.51. The molecule has 0 fully saturated rings. The molecule has 0 radical (unpaired) electrons. The molecule has 27 heavy (non-hydrogen) atoms. The van der Waals surface area contributed by atoms with E-state index in [1.165, 1.54) is 11.3 Å². The van der Waals surface area contributed by atoms with E-state index in [1.807, 2.05) is 30.3 Å². The summed E-state index contributed by atoms with van der Waals surface area (Å²) in [5, 5.41) is 23.1. The summed E-state index contributed by atoms with van der Waals surface area (Å²) in [7, 11) is 0. The van der Waals surface area contributed by atoms with Crippen molar-refractivity contribution in [1.82, 2.24) is 10.3 Å². The van der Waals surface area contributed by atoms with E-state index >= 15 is 0 Å². The molecule has 0 saturated carbocycles. The summed E-state index contributed by atoms with van der Waals surface area (Å²) in [5.41, 5.74) is 5.23. The lowest BCUT2D eigenvalue weighted by Crippen LogP contribution is -2.31. The maximum atomic E-state index is 12.3. The maximum Gasteiger partial charge on any atom is 0.268 e. The van der Waals surface area contributed by atoms with Gasteiger partial charge < -0.3 is 10.6 Å². The molecule has 1 heterocycles. The number of nitrogens with one attached hydrogen (secondary N) is 3. The van der Waals surface area contributed by atoms with Crippen molar-refractivity contribution in [3.05, 3.63) is 81.3 Å². The van der Waals surface area contributed by atoms with Gasteiger partial charge in [0.25, 0.3) is 5.91 Å². The van der Waals surface area contributed by atoms with Crippen molar-refractivity contribution >= 4 is 28.8 Å². The van der Waals surface area contributed by atoms with Crippen molar-refractivity contribution in [2.45, 2.75) is 13.5 Å². The van der Waals surface area contributed by atoms with Gasteiger partial charge in [-0.15, -0.1) is 11.3 Å². The van der Waals surface area contributed by atoms with Crippen LogP contribution >= 0.6 is 11.3 Å². The molecule has 0 aliphatic carbocycles. The van der Waals surface area contributed by atoms with Crippen molar-refractivity contribution in [2.75, 3.05) is 5.32 Å². The topological polar surface area (TPSA) is 102 Å². The SMILES string of the molecule is Cc1ncsc1C(=O)NC(=N)c1ccccc1NCc1ccc(C#N)cc1. The van der Waals surface area contributed by atoms with Crippen molar-refractivity contribution in [1.29, 1.82) is 10.7 Å². The number of hydrogen-bond acceptors (Lipinski definition) is 6. The Morgan fingerprint density at radius 1 is 1.22 bits per heavy atom. The molecule has 0 spiro atoms. The highest BCUT2D eigenvalue weighted by Gasteiger charge is 2.15. The van der Waals surface area contributed by atoms with E-state index in [9.17, 15) is 4.79 Å². The second-order valence-electron chi connectivity index (χ2n) is 5.80. The fourth-order valence-corrected chi connectivity index (χ4v) is 3.20. The molecular formula is C20H17N5OS. The number of nitrogens with zero attached hydrogens (tertiary/aromatic N) is 2. The molecular weight excluding hydrogens is 358 g/mol. The first-order chi connectivity index (χ1) is 13.1. The molecule has 6 nitrogen and oxygen atoms in total. The van der Waals surface area contributed by atoms with Gasteiger partial charge in [-0.05, 0) is 36.8 Å². The number of thiazole rings is 1. The van der Waals surface area contributed by atoms with Gasteiger partial charge in [0.2, 0.25) is 0 Å². The van der Waals surface area contributed by atoms with E-state index in [0.29, 0.717) is 28.2 Å². The largest absolute Gasteiger partial charge is 0.380 e. The van der Waals surface area contributed by atoms with Crippen LogP contribution in [-0.4, -0.2) is 16.7 Å². The number of rotatable bonds is 5. The molecule has 0 unspecified atom stereocenters. The van der Waals surface area contributed by atoms with E-state index in [-0.39, 0.29) is 11.7 Å². The number of anilines is 1. The number of carbonyl (C=O) groups excluding carboxylic acids is 1. The Morgan fingerprint density at radius 2 is 1.96 bits per heavy atom. The Kier molecular flexibility index (Phi) is 5.59. The first kappa shape index (κ1) is 18.3. The predicted molar refractivity (Wildman–Crippen MR) is 106 cm³/mol. The number of aryl methyl sites for hydroxylation is 1. The average Bonchev–Trinajstić information content (AvgIpc) is 3.13. The van der Waals surface area contributed by atoms with Crippen LogP contribution in [0.3, 0.4) is 0 Å².